The molecule has 0 saturated heterocycles. The Morgan fingerprint density at radius 2 is 1.00 bits per heavy atom. The fraction of sp³-hybridized carbons (Fsp3) is 0.520. The van der Waals surface area contributed by atoms with Gasteiger partial charge in [-0.25, -0.2) is 0 Å². The van der Waals surface area contributed by atoms with Crippen LogP contribution in [0.5, 0.6) is 0 Å². The zero-order valence-electron chi connectivity index (χ0n) is 17.2. The predicted molar refractivity (Wildman–Crippen MR) is 112 cm³/mol. The van der Waals surface area contributed by atoms with Gasteiger partial charge in [0.1, 0.15) is 0 Å². The largest absolute Gasteiger partial charge is 0.0683 e. The Morgan fingerprint density at radius 3 is 1.40 bits per heavy atom. The zero-order valence-corrected chi connectivity index (χ0v) is 17.2. The van der Waals surface area contributed by atoms with Crippen molar-refractivity contribution in [2.45, 2.75) is 79.1 Å². The van der Waals surface area contributed by atoms with Crippen molar-refractivity contribution in [3.8, 4) is 11.1 Å². The molecule has 4 rings (SSSR count). The van der Waals surface area contributed by atoms with Crippen molar-refractivity contribution in [2.75, 3.05) is 0 Å². The standard InChI is InChI=1S/C18H18.C5H12.C2H6/c1-6-12-18(13-7-1)16-10-4-2-8-14(16)15-9-3-5-11-17(15)18;1-5(2,3)4;1-2/h2-5,8-11H,1,6-7,12-13H2;1-4H3;1-2H3. The average Bonchev–Trinajstić information content (AvgIpc) is 2.87. The summed E-state index contributed by atoms with van der Waals surface area (Å²) < 4.78 is 0. The van der Waals surface area contributed by atoms with Gasteiger partial charge in [0.15, 0.2) is 0 Å². The molecule has 0 radical (unpaired) electrons. The molecule has 2 aliphatic carbocycles. The highest BCUT2D eigenvalue weighted by Gasteiger charge is 2.42. The highest BCUT2D eigenvalue weighted by molar-refractivity contribution is 5.81. The quantitative estimate of drug-likeness (QED) is 0.457. The lowest BCUT2D eigenvalue weighted by Gasteiger charge is -2.35. The van der Waals surface area contributed by atoms with Gasteiger partial charge in [0.2, 0.25) is 0 Å². The van der Waals surface area contributed by atoms with E-state index in [1.165, 1.54) is 43.2 Å². The first-order chi connectivity index (χ1) is 11.9. The highest BCUT2D eigenvalue weighted by Crippen LogP contribution is 2.55. The molecule has 0 nitrogen and oxygen atoms in total. The van der Waals surface area contributed by atoms with Crippen molar-refractivity contribution in [1.29, 1.82) is 0 Å². The van der Waals surface area contributed by atoms with Crippen LogP contribution in [0.2, 0.25) is 0 Å². The van der Waals surface area contributed by atoms with Crippen LogP contribution in [0, 0.1) is 5.41 Å². The van der Waals surface area contributed by atoms with E-state index in [4.69, 9.17) is 0 Å². The molecule has 0 aliphatic heterocycles. The van der Waals surface area contributed by atoms with E-state index in [-0.39, 0.29) is 0 Å². The second-order valence-electron chi connectivity index (χ2n) is 8.73. The lowest BCUT2D eigenvalue weighted by atomic mass is 9.68. The Hall–Kier alpha value is -1.56. The van der Waals surface area contributed by atoms with Gasteiger partial charge >= 0.3 is 0 Å². The number of hydrogen-bond donors (Lipinski definition) is 0. The molecular formula is C25H36. The first-order valence-corrected chi connectivity index (χ1v) is 10.1. The van der Waals surface area contributed by atoms with Gasteiger partial charge in [-0.2, -0.15) is 0 Å². The minimum absolute atomic E-state index is 0.339. The van der Waals surface area contributed by atoms with E-state index in [2.05, 4.69) is 76.2 Å². The molecule has 2 aliphatic rings. The van der Waals surface area contributed by atoms with Crippen LogP contribution >= 0.6 is 0 Å². The molecule has 0 amide bonds. The second kappa shape index (κ2) is 8.21. The summed E-state index contributed by atoms with van der Waals surface area (Å²) in [6.07, 6.45) is 6.83. The Labute approximate surface area is 155 Å². The molecule has 0 unspecified atom stereocenters. The van der Waals surface area contributed by atoms with Crippen LogP contribution in [0.15, 0.2) is 48.5 Å². The summed E-state index contributed by atoms with van der Waals surface area (Å²) >= 11 is 0. The average molecular weight is 337 g/mol. The fourth-order valence-electron chi connectivity index (χ4n) is 4.11. The summed E-state index contributed by atoms with van der Waals surface area (Å²) in [7, 11) is 0. The summed E-state index contributed by atoms with van der Waals surface area (Å²) in [6, 6.07) is 18.1. The Morgan fingerprint density at radius 1 is 0.640 bits per heavy atom. The fourth-order valence-corrected chi connectivity index (χ4v) is 4.11. The molecule has 25 heavy (non-hydrogen) atoms. The second-order valence-corrected chi connectivity index (χ2v) is 8.73. The first-order valence-electron chi connectivity index (χ1n) is 10.1. The molecule has 0 heterocycles. The maximum Gasteiger partial charge on any atom is 0.0215 e. The van der Waals surface area contributed by atoms with E-state index in [1.807, 2.05) is 13.8 Å². The molecule has 136 valence electrons. The minimum Gasteiger partial charge on any atom is -0.0683 e. The van der Waals surface area contributed by atoms with Gasteiger partial charge in [-0.3, -0.25) is 0 Å². The zero-order chi connectivity index (χ0) is 18.5. The van der Waals surface area contributed by atoms with Crippen LogP contribution in [-0.4, -0.2) is 0 Å². The van der Waals surface area contributed by atoms with Gasteiger partial charge in [-0.15, -0.1) is 0 Å². The van der Waals surface area contributed by atoms with E-state index in [0.717, 1.165) is 0 Å². The molecule has 0 heteroatoms. The highest BCUT2D eigenvalue weighted by atomic mass is 14.5. The SMILES string of the molecule is CC.CC(C)(C)C.c1ccc2c(c1)-c1ccccc1C21CCCCC1. The molecular weight excluding hydrogens is 300 g/mol. The molecule has 0 bridgehead atoms. The first kappa shape index (κ1) is 19.8. The molecule has 1 saturated carbocycles. The lowest BCUT2D eigenvalue weighted by Crippen LogP contribution is -2.27. The Kier molecular flexibility index (Phi) is 6.49. The van der Waals surface area contributed by atoms with Crippen LogP contribution in [0.4, 0.5) is 0 Å². The Balaban J connectivity index is 0.000000281. The number of rotatable bonds is 0. The van der Waals surface area contributed by atoms with E-state index < -0.39 is 0 Å². The third-order valence-electron chi connectivity index (χ3n) is 4.88. The smallest absolute Gasteiger partial charge is 0.0215 e. The Bertz CT molecular complexity index is 613. The van der Waals surface area contributed by atoms with Crippen molar-refractivity contribution in [3.05, 3.63) is 59.7 Å². The van der Waals surface area contributed by atoms with Crippen LogP contribution in [-0.2, 0) is 5.41 Å². The third-order valence-corrected chi connectivity index (χ3v) is 4.88. The van der Waals surface area contributed by atoms with Gasteiger partial charge in [-0.05, 0) is 40.5 Å². The molecule has 1 spiro atoms. The van der Waals surface area contributed by atoms with Gasteiger partial charge in [0.05, 0.1) is 0 Å². The summed E-state index contributed by atoms with van der Waals surface area (Å²) in [5, 5.41) is 0. The van der Waals surface area contributed by atoms with Gasteiger partial charge in [-0.1, -0.05) is 109 Å². The number of benzene rings is 2. The minimum atomic E-state index is 0.339. The summed E-state index contributed by atoms with van der Waals surface area (Å²) in [6.45, 7) is 12.8. The van der Waals surface area contributed by atoms with Crippen molar-refractivity contribution < 1.29 is 0 Å². The molecule has 1 fully saturated rings. The normalized spacial score (nSPS) is 16.7. The maximum absolute atomic E-state index is 2.36. The van der Waals surface area contributed by atoms with Gasteiger partial charge < -0.3 is 0 Å². The summed E-state index contributed by atoms with van der Waals surface area (Å²) in [4.78, 5) is 0. The van der Waals surface area contributed by atoms with Crippen molar-refractivity contribution in [3.63, 3.8) is 0 Å². The monoisotopic (exact) mass is 336 g/mol. The van der Waals surface area contributed by atoms with Crippen molar-refractivity contribution >= 4 is 0 Å². The van der Waals surface area contributed by atoms with Crippen LogP contribution < -0.4 is 0 Å². The van der Waals surface area contributed by atoms with Gasteiger partial charge in [0.25, 0.3) is 0 Å². The third kappa shape index (κ3) is 4.35. The van der Waals surface area contributed by atoms with Crippen LogP contribution in [0.25, 0.3) is 11.1 Å². The molecule has 0 aromatic heterocycles. The number of fused-ring (bicyclic) bond motifs is 5. The molecule has 2 aromatic carbocycles. The van der Waals surface area contributed by atoms with Gasteiger partial charge in [0, 0.05) is 5.41 Å². The maximum atomic E-state index is 2.36. The molecule has 2 aromatic rings. The van der Waals surface area contributed by atoms with E-state index in [0.29, 0.717) is 10.8 Å². The van der Waals surface area contributed by atoms with Crippen LogP contribution in [0.3, 0.4) is 0 Å². The molecule has 0 atom stereocenters. The lowest BCUT2D eigenvalue weighted by molar-refractivity contribution is 0.353. The summed E-state index contributed by atoms with van der Waals surface area (Å²) in [5.74, 6) is 0. The van der Waals surface area contributed by atoms with Crippen molar-refractivity contribution in [2.24, 2.45) is 5.41 Å². The van der Waals surface area contributed by atoms with E-state index in [9.17, 15) is 0 Å². The van der Waals surface area contributed by atoms with Crippen molar-refractivity contribution in [1.82, 2.24) is 0 Å². The van der Waals surface area contributed by atoms with Crippen LogP contribution in [0.1, 0.15) is 84.8 Å². The number of hydrogen-bond acceptors (Lipinski definition) is 0. The topological polar surface area (TPSA) is 0 Å². The van der Waals surface area contributed by atoms with E-state index in [1.54, 1.807) is 11.1 Å². The predicted octanol–water partition coefficient (Wildman–Crippen LogP) is 8.00. The van der Waals surface area contributed by atoms with E-state index >= 15 is 0 Å². The summed E-state index contributed by atoms with van der Waals surface area (Å²) in [5.41, 5.74) is 6.98. The molecule has 0 N–H and O–H groups in total.